The molecule has 1 aromatic heterocycles. The lowest BCUT2D eigenvalue weighted by molar-refractivity contribution is 0.502. The molecule has 0 N–H and O–H groups in total. The molecule has 0 saturated heterocycles. The van der Waals surface area contributed by atoms with E-state index in [4.69, 9.17) is 14.9 Å². The van der Waals surface area contributed by atoms with Gasteiger partial charge in [0.15, 0.2) is 0 Å². The Morgan fingerprint density at radius 3 is 2.50 bits per heavy atom. The van der Waals surface area contributed by atoms with Gasteiger partial charge in [-0.2, -0.15) is 10.5 Å². The number of nitriles is 2. The van der Waals surface area contributed by atoms with Crippen LogP contribution < -0.4 is 0 Å². The van der Waals surface area contributed by atoms with Crippen molar-refractivity contribution in [1.82, 2.24) is 10.2 Å². The zero-order valence-corrected chi connectivity index (χ0v) is 11.0. The quantitative estimate of drug-likeness (QED) is 0.792. The van der Waals surface area contributed by atoms with Crippen molar-refractivity contribution in [3.8, 4) is 23.6 Å². The second kappa shape index (κ2) is 6.31. The fourth-order valence-corrected chi connectivity index (χ4v) is 1.66. The summed E-state index contributed by atoms with van der Waals surface area (Å²) >= 11 is 0. The number of rotatable bonds is 4. The van der Waals surface area contributed by atoms with Gasteiger partial charge in [0.05, 0.1) is 0 Å². The summed E-state index contributed by atoms with van der Waals surface area (Å²) in [7, 11) is 0. The second-order valence-corrected chi connectivity index (χ2v) is 4.15. The van der Waals surface area contributed by atoms with Gasteiger partial charge >= 0.3 is 0 Å². The lowest BCUT2D eigenvalue weighted by Crippen LogP contribution is -1.80. The summed E-state index contributed by atoms with van der Waals surface area (Å²) in [4.78, 5) is 0. The monoisotopic (exact) mass is 264 g/mol. The predicted octanol–water partition coefficient (Wildman–Crippen LogP) is 3.12. The van der Waals surface area contributed by atoms with E-state index in [2.05, 4.69) is 10.2 Å². The maximum absolute atomic E-state index is 8.70. The number of aryl methyl sites for hydroxylation is 1. The molecule has 0 spiro atoms. The van der Waals surface area contributed by atoms with Crippen LogP contribution in [0.3, 0.4) is 0 Å². The molecule has 0 bridgehead atoms. The summed E-state index contributed by atoms with van der Waals surface area (Å²) in [6.07, 6.45) is 3.25. The summed E-state index contributed by atoms with van der Waals surface area (Å²) < 4.78 is 5.53. The Bertz CT molecular complexity index is 683. The minimum absolute atomic E-state index is 0.0702. The molecule has 1 aromatic carbocycles. The summed E-state index contributed by atoms with van der Waals surface area (Å²) in [5, 5.41) is 25.4. The van der Waals surface area contributed by atoms with Crippen molar-refractivity contribution in [2.24, 2.45) is 0 Å². The van der Waals surface area contributed by atoms with Gasteiger partial charge in [-0.05, 0) is 30.2 Å². The van der Waals surface area contributed by atoms with Crippen LogP contribution in [0, 0.1) is 22.7 Å². The zero-order valence-electron chi connectivity index (χ0n) is 11.0. The highest BCUT2D eigenvalue weighted by molar-refractivity contribution is 5.64. The Morgan fingerprint density at radius 1 is 1.20 bits per heavy atom. The molecule has 0 radical (unpaired) electrons. The van der Waals surface area contributed by atoms with E-state index in [0.717, 1.165) is 24.0 Å². The predicted molar refractivity (Wildman–Crippen MR) is 72.9 cm³/mol. The Morgan fingerprint density at radius 2 is 1.90 bits per heavy atom. The highest BCUT2D eigenvalue weighted by Crippen LogP contribution is 2.19. The first-order valence-electron chi connectivity index (χ1n) is 6.21. The molecule has 2 rings (SSSR count). The lowest BCUT2D eigenvalue weighted by atomic mass is 10.1. The van der Waals surface area contributed by atoms with E-state index >= 15 is 0 Å². The van der Waals surface area contributed by atoms with Gasteiger partial charge < -0.3 is 4.42 Å². The molecule has 0 aliphatic heterocycles. The number of hydrogen-bond donors (Lipinski definition) is 0. The summed E-state index contributed by atoms with van der Waals surface area (Å²) in [6, 6.07) is 10.9. The first kappa shape index (κ1) is 13.5. The van der Waals surface area contributed by atoms with Gasteiger partial charge in [0.2, 0.25) is 11.8 Å². The molecule has 0 atom stereocenters. The van der Waals surface area contributed by atoms with Gasteiger partial charge in [-0.15, -0.1) is 10.2 Å². The van der Waals surface area contributed by atoms with Crippen LogP contribution in [0.2, 0.25) is 0 Å². The van der Waals surface area contributed by atoms with E-state index in [9.17, 15) is 0 Å². The van der Waals surface area contributed by atoms with Crippen LogP contribution in [-0.2, 0) is 6.42 Å². The molecule has 2 aromatic rings. The normalized spacial score (nSPS) is 9.55. The van der Waals surface area contributed by atoms with Crippen LogP contribution >= 0.6 is 0 Å². The van der Waals surface area contributed by atoms with Crippen molar-refractivity contribution in [2.75, 3.05) is 0 Å². The van der Waals surface area contributed by atoms with Gasteiger partial charge in [0.25, 0.3) is 0 Å². The van der Waals surface area contributed by atoms with E-state index in [1.165, 1.54) is 6.08 Å². The van der Waals surface area contributed by atoms with E-state index in [1.807, 2.05) is 31.2 Å². The van der Waals surface area contributed by atoms with Crippen molar-refractivity contribution in [3.63, 3.8) is 0 Å². The van der Waals surface area contributed by atoms with Crippen LogP contribution in [0.25, 0.3) is 17.5 Å². The van der Waals surface area contributed by atoms with Crippen molar-refractivity contribution in [1.29, 1.82) is 10.5 Å². The molecule has 5 heteroatoms. The molecule has 0 amide bonds. The summed E-state index contributed by atoms with van der Waals surface area (Å²) in [5.41, 5.74) is 1.66. The molecule has 0 saturated carbocycles. The summed E-state index contributed by atoms with van der Waals surface area (Å²) in [5.74, 6) is 1.10. The average molecular weight is 264 g/mol. The maximum atomic E-state index is 8.70. The number of nitrogens with zero attached hydrogens (tertiary/aromatic N) is 4. The molecule has 0 fully saturated rings. The van der Waals surface area contributed by atoms with E-state index < -0.39 is 0 Å². The van der Waals surface area contributed by atoms with Crippen LogP contribution in [-0.4, -0.2) is 10.2 Å². The lowest BCUT2D eigenvalue weighted by Gasteiger charge is -1.96. The van der Waals surface area contributed by atoms with Crippen LogP contribution in [0.4, 0.5) is 0 Å². The Balaban J connectivity index is 2.22. The molecule has 1 heterocycles. The van der Waals surface area contributed by atoms with Gasteiger partial charge in [-0.25, -0.2) is 0 Å². The van der Waals surface area contributed by atoms with Crippen molar-refractivity contribution < 1.29 is 4.42 Å². The number of hydrogen-bond acceptors (Lipinski definition) is 5. The third-order valence-electron chi connectivity index (χ3n) is 2.64. The Hall–Kier alpha value is -2.92. The van der Waals surface area contributed by atoms with Crippen molar-refractivity contribution in [3.05, 3.63) is 41.3 Å². The highest BCUT2D eigenvalue weighted by atomic mass is 16.4. The topological polar surface area (TPSA) is 86.5 Å². The summed E-state index contributed by atoms with van der Waals surface area (Å²) in [6.45, 7) is 2.05. The molecule has 5 nitrogen and oxygen atoms in total. The average Bonchev–Trinajstić information content (AvgIpc) is 2.94. The SMILES string of the molecule is CCCc1nnc(-c2ccc(C=C(C#N)C#N)cc2)o1. The van der Waals surface area contributed by atoms with Gasteiger partial charge in [0.1, 0.15) is 17.7 Å². The third-order valence-corrected chi connectivity index (χ3v) is 2.64. The second-order valence-electron chi connectivity index (χ2n) is 4.15. The first-order chi connectivity index (χ1) is 9.76. The minimum Gasteiger partial charge on any atom is -0.421 e. The van der Waals surface area contributed by atoms with E-state index in [-0.39, 0.29) is 5.57 Å². The van der Waals surface area contributed by atoms with Gasteiger partial charge in [-0.3, -0.25) is 0 Å². The smallest absolute Gasteiger partial charge is 0.247 e. The van der Waals surface area contributed by atoms with Crippen molar-refractivity contribution in [2.45, 2.75) is 19.8 Å². The standard InChI is InChI=1S/C15H12N4O/c1-2-3-14-18-19-15(20-14)13-6-4-11(5-7-13)8-12(9-16)10-17/h4-8H,2-3H2,1H3. The van der Waals surface area contributed by atoms with E-state index in [0.29, 0.717) is 11.8 Å². The Labute approximate surface area is 116 Å². The van der Waals surface area contributed by atoms with Crippen LogP contribution in [0.15, 0.2) is 34.3 Å². The fourth-order valence-electron chi connectivity index (χ4n) is 1.66. The van der Waals surface area contributed by atoms with E-state index in [1.54, 1.807) is 12.1 Å². The number of allylic oxidation sites excluding steroid dienone is 1. The molecule has 0 aliphatic rings. The maximum Gasteiger partial charge on any atom is 0.247 e. The van der Waals surface area contributed by atoms with Crippen LogP contribution in [0.5, 0.6) is 0 Å². The first-order valence-corrected chi connectivity index (χ1v) is 6.21. The number of aromatic nitrogens is 2. The molecule has 98 valence electrons. The zero-order chi connectivity index (χ0) is 14.4. The van der Waals surface area contributed by atoms with Crippen LogP contribution in [0.1, 0.15) is 24.8 Å². The molecular formula is C15H12N4O. The minimum atomic E-state index is 0.0702. The molecule has 20 heavy (non-hydrogen) atoms. The third kappa shape index (κ3) is 3.09. The molecule has 0 aliphatic carbocycles. The largest absolute Gasteiger partial charge is 0.421 e. The number of benzene rings is 1. The van der Waals surface area contributed by atoms with Crippen molar-refractivity contribution >= 4 is 6.08 Å². The molecule has 0 unspecified atom stereocenters. The Kier molecular flexibility index (Phi) is 4.26. The highest BCUT2D eigenvalue weighted by Gasteiger charge is 2.07. The fraction of sp³-hybridized carbons (Fsp3) is 0.200. The van der Waals surface area contributed by atoms with Gasteiger partial charge in [-0.1, -0.05) is 19.1 Å². The van der Waals surface area contributed by atoms with Gasteiger partial charge in [0, 0.05) is 12.0 Å². The molecular weight excluding hydrogens is 252 g/mol.